The fraction of sp³-hybridized carbons (Fsp3) is 0.438. The van der Waals surface area contributed by atoms with Gasteiger partial charge >= 0.3 is 0 Å². The summed E-state index contributed by atoms with van der Waals surface area (Å²) in [6.07, 6.45) is 0. The van der Waals surface area contributed by atoms with Crippen molar-refractivity contribution in [2.75, 3.05) is 37.4 Å². The van der Waals surface area contributed by atoms with Gasteiger partial charge in [0.05, 0.1) is 46.3 Å². The molecule has 0 saturated carbocycles. The van der Waals surface area contributed by atoms with Crippen molar-refractivity contribution in [1.29, 1.82) is 0 Å². The number of anilines is 1. The number of halogens is 3. The molecule has 1 amide bonds. The predicted octanol–water partition coefficient (Wildman–Crippen LogP) is 3.34. The van der Waals surface area contributed by atoms with Crippen LogP contribution in [-0.2, 0) is 23.1 Å². The Morgan fingerprint density at radius 2 is 1.89 bits per heavy atom. The van der Waals surface area contributed by atoms with Crippen LogP contribution in [0.1, 0.15) is 5.82 Å². The van der Waals surface area contributed by atoms with E-state index in [9.17, 15) is 4.79 Å². The second kappa shape index (κ2) is 9.45. The van der Waals surface area contributed by atoms with Crippen molar-refractivity contribution in [3.8, 4) is 0 Å². The molecule has 1 aromatic heterocycles. The van der Waals surface area contributed by atoms with Crippen molar-refractivity contribution in [1.82, 2.24) is 19.7 Å². The summed E-state index contributed by atoms with van der Waals surface area (Å²) in [5.41, 5.74) is 0.419. The Kier molecular flexibility index (Phi) is 7.24. The summed E-state index contributed by atoms with van der Waals surface area (Å²) in [7, 11) is 1.89. The molecule has 11 heteroatoms. The summed E-state index contributed by atoms with van der Waals surface area (Å²) in [6.45, 7) is 3.93. The maximum atomic E-state index is 12.2. The van der Waals surface area contributed by atoms with Gasteiger partial charge in [-0.1, -0.05) is 46.6 Å². The molecule has 1 fully saturated rings. The average molecular weight is 451 g/mol. The molecule has 1 aromatic carbocycles. The first-order valence-corrected chi connectivity index (χ1v) is 10.3. The summed E-state index contributed by atoms with van der Waals surface area (Å²) in [6, 6.07) is 3.02. The van der Waals surface area contributed by atoms with E-state index in [-0.39, 0.29) is 11.7 Å². The third kappa shape index (κ3) is 5.49. The Balaban J connectivity index is 1.55. The molecule has 7 nitrogen and oxygen atoms in total. The Morgan fingerprint density at radius 3 is 2.63 bits per heavy atom. The number of nitrogens with one attached hydrogen (secondary N) is 1. The fourth-order valence-corrected chi connectivity index (χ4v) is 3.83. The summed E-state index contributed by atoms with van der Waals surface area (Å²) >= 11 is 19.2. The largest absolute Gasteiger partial charge is 0.379 e. The molecule has 0 aliphatic carbocycles. The van der Waals surface area contributed by atoms with E-state index in [4.69, 9.17) is 39.5 Å². The second-order valence-electron chi connectivity index (χ2n) is 5.93. The summed E-state index contributed by atoms with van der Waals surface area (Å²) in [5.74, 6) is 0.797. The quantitative estimate of drug-likeness (QED) is 0.537. The molecule has 0 spiro atoms. The zero-order valence-electron chi connectivity index (χ0n) is 14.5. The number of carbonyl (C=O) groups is 1. The lowest BCUT2D eigenvalue weighted by Gasteiger charge is -2.25. The first kappa shape index (κ1) is 20.7. The maximum Gasteiger partial charge on any atom is 0.234 e. The average Bonchev–Trinajstić information content (AvgIpc) is 2.99. The van der Waals surface area contributed by atoms with Gasteiger partial charge in [0.15, 0.2) is 5.16 Å². The van der Waals surface area contributed by atoms with Crippen molar-refractivity contribution >= 4 is 58.2 Å². The molecule has 2 aromatic rings. The molecule has 0 radical (unpaired) electrons. The number of nitrogens with zero attached hydrogens (tertiary/aromatic N) is 4. The third-order valence-corrected chi connectivity index (χ3v) is 6.07. The van der Waals surface area contributed by atoms with Gasteiger partial charge in [0.1, 0.15) is 5.82 Å². The normalized spacial score (nSPS) is 15.1. The van der Waals surface area contributed by atoms with Crippen LogP contribution in [0.3, 0.4) is 0 Å². The topological polar surface area (TPSA) is 72.3 Å². The molecule has 0 unspecified atom stereocenters. The van der Waals surface area contributed by atoms with Crippen LogP contribution in [0.15, 0.2) is 17.3 Å². The number of aromatic nitrogens is 3. The van der Waals surface area contributed by atoms with Crippen molar-refractivity contribution < 1.29 is 9.53 Å². The van der Waals surface area contributed by atoms with Crippen LogP contribution >= 0.6 is 46.6 Å². The summed E-state index contributed by atoms with van der Waals surface area (Å²) < 4.78 is 7.25. The SMILES string of the molecule is Cn1c(CN2CCOCC2)nnc1SCC(=O)Nc1cc(Cl)c(Cl)cc1Cl. The Labute approximate surface area is 176 Å². The minimum absolute atomic E-state index is 0.167. The van der Waals surface area contributed by atoms with Gasteiger partial charge < -0.3 is 14.6 Å². The fourth-order valence-electron chi connectivity index (χ4n) is 2.50. The lowest BCUT2D eigenvalue weighted by Crippen LogP contribution is -2.36. The van der Waals surface area contributed by atoms with Crippen molar-refractivity contribution in [2.45, 2.75) is 11.7 Å². The molecule has 1 N–H and O–H groups in total. The van der Waals surface area contributed by atoms with Gasteiger partial charge in [-0.25, -0.2) is 0 Å². The van der Waals surface area contributed by atoms with E-state index in [1.165, 1.54) is 23.9 Å². The van der Waals surface area contributed by atoms with Crippen LogP contribution in [0.25, 0.3) is 0 Å². The maximum absolute atomic E-state index is 12.2. The van der Waals surface area contributed by atoms with Crippen molar-refractivity contribution in [3.05, 3.63) is 33.0 Å². The van der Waals surface area contributed by atoms with Gasteiger partial charge in [-0.3, -0.25) is 9.69 Å². The predicted molar refractivity (Wildman–Crippen MR) is 108 cm³/mol. The van der Waals surface area contributed by atoms with Gasteiger partial charge in [-0.2, -0.15) is 0 Å². The van der Waals surface area contributed by atoms with Gasteiger partial charge in [-0.15, -0.1) is 10.2 Å². The van der Waals surface area contributed by atoms with E-state index in [0.29, 0.717) is 32.5 Å². The van der Waals surface area contributed by atoms with Gasteiger partial charge in [-0.05, 0) is 12.1 Å². The highest BCUT2D eigenvalue weighted by atomic mass is 35.5. The molecule has 146 valence electrons. The molecule has 1 saturated heterocycles. The zero-order valence-corrected chi connectivity index (χ0v) is 17.6. The first-order valence-electron chi connectivity index (χ1n) is 8.19. The number of benzene rings is 1. The lowest BCUT2D eigenvalue weighted by atomic mass is 10.3. The Morgan fingerprint density at radius 1 is 1.19 bits per heavy atom. The molecule has 0 bridgehead atoms. The monoisotopic (exact) mass is 449 g/mol. The molecular formula is C16H18Cl3N5O2S. The van der Waals surface area contributed by atoms with Gasteiger partial charge in [0.2, 0.25) is 5.91 Å². The van der Waals surface area contributed by atoms with Gasteiger partial charge in [0.25, 0.3) is 0 Å². The van der Waals surface area contributed by atoms with Crippen LogP contribution in [0.4, 0.5) is 5.69 Å². The lowest BCUT2D eigenvalue weighted by molar-refractivity contribution is -0.113. The third-order valence-electron chi connectivity index (χ3n) is 4.01. The minimum Gasteiger partial charge on any atom is -0.379 e. The van der Waals surface area contributed by atoms with Crippen molar-refractivity contribution in [3.63, 3.8) is 0 Å². The number of morpholine rings is 1. The highest BCUT2D eigenvalue weighted by Gasteiger charge is 2.17. The van der Waals surface area contributed by atoms with E-state index in [2.05, 4.69) is 20.4 Å². The van der Waals surface area contributed by atoms with Crippen LogP contribution in [0.2, 0.25) is 15.1 Å². The number of hydrogen-bond acceptors (Lipinski definition) is 6. The number of carbonyl (C=O) groups excluding carboxylic acids is 1. The second-order valence-corrected chi connectivity index (χ2v) is 8.09. The molecule has 0 atom stereocenters. The highest BCUT2D eigenvalue weighted by Crippen LogP contribution is 2.32. The molecule has 3 rings (SSSR count). The molecular weight excluding hydrogens is 433 g/mol. The van der Waals surface area contributed by atoms with E-state index >= 15 is 0 Å². The number of thioether (sulfide) groups is 1. The first-order chi connectivity index (χ1) is 12.9. The van der Waals surface area contributed by atoms with Crippen LogP contribution in [0.5, 0.6) is 0 Å². The van der Waals surface area contributed by atoms with Crippen molar-refractivity contribution in [2.24, 2.45) is 7.05 Å². The highest BCUT2D eigenvalue weighted by molar-refractivity contribution is 7.99. The standard InChI is InChI=1S/C16H18Cl3N5O2S/c1-23-14(8-24-2-4-26-5-3-24)21-22-16(23)27-9-15(25)20-13-7-11(18)10(17)6-12(13)19/h6-7H,2-5,8-9H2,1H3,(H,20,25). The molecule has 1 aliphatic heterocycles. The molecule has 1 aliphatic rings. The Bertz CT molecular complexity index is 827. The molecule has 27 heavy (non-hydrogen) atoms. The van der Waals surface area contributed by atoms with E-state index in [1.807, 2.05) is 11.6 Å². The summed E-state index contributed by atoms with van der Waals surface area (Å²) in [4.78, 5) is 14.5. The molecule has 2 heterocycles. The van der Waals surface area contributed by atoms with Crippen LogP contribution in [-0.4, -0.2) is 57.6 Å². The number of rotatable bonds is 6. The Hall–Kier alpha value is -1.03. The minimum atomic E-state index is -0.224. The van der Waals surface area contributed by atoms with E-state index < -0.39 is 0 Å². The number of ether oxygens (including phenoxy) is 1. The number of hydrogen-bond donors (Lipinski definition) is 1. The van der Waals surface area contributed by atoms with Crippen LogP contribution < -0.4 is 5.32 Å². The smallest absolute Gasteiger partial charge is 0.234 e. The van der Waals surface area contributed by atoms with Crippen LogP contribution in [0, 0.1) is 0 Å². The summed E-state index contributed by atoms with van der Waals surface area (Å²) in [5, 5.41) is 12.8. The number of amides is 1. The van der Waals surface area contributed by atoms with E-state index in [1.54, 1.807) is 0 Å². The zero-order chi connectivity index (χ0) is 19.4. The van der Waals surface area contributed by atoms with Gasteiger partial charge in [0, 0.05) is 20.1 Å². The van der Waals surface area contributed by atoms with E-state index in [0.717, 1.165) is 32.1 Å².